The normalized spacial score (nSPS) is 18.0. The molecule has 0 radical (unpaired) electrons. The standard InChI is InChI=1S/C41H26Cl2N6O7/c42-27-14-8-24(9-15-27)34-32(22-23-6-18-30(19-7-23)48(53)54)36-33(35(25-10-16-28(43)17-11-25)41(34)38(50)44-40(52)45-39(41)51)37(26-12-20-31(21-13-26)49(55)56)47(46-36)29-4-2-1-3-5-29/h1-22,34-35H,(H2,44,45,50,51,52)/b32-22-. The first-order valence-electron chi connectivity index (χ1n) is 17.0. The molecule has 15 heteroatoms. The van der Waals surface area contributed by atoms with Crippen LogP contribution in [0.4, 0.5) is 16.2 Å². The van der Waals surface area contributed by atoms with Crippen LogP contribution in [0.15, 0.2) is 127 Å². The zero-order valence-corrected chi connectivity index (χ0v) is 30.3. The van der Waals surface area contributed by atoms with E-state index in [1.165, 1.54) is 36.4 Å². The van der Waals surface area contributed by atoms with Gasteiger partial charge in [0.25, 0.3) is 11.4 Å². The lowest BCUT2D eigenvalue weighted by atomic mass is 9.52. The molecule has 0 saturated carbocycles. The van der Waals surface area contributed by atoms with Gasteiger partial charge in [-0.2, -0.15) is 5.10 Å². The minimum absolute atomic E-state index is 0.150. The highest BCUT2D eigenvalue weighted by Gasteiger charge is 2.66. The van der Waals surface area contributed by atoms with Gasteiger partial charge in [-0.1, -0.05) is 65.7 Å². The fourth-order valence-corrected chi connectivity index (χ4v) is 8.00. The third-order valence-electron chi connectivity index (χ3n) is 10.1. The second-order valence-electron chi connectivity index (χ2n) is 13.2. The molecule has 2 N–H and O–H groups in total. The number of barbiturate groups is 1. The predicted molar refractivity (Wildman–Crippen MR) is 208 cm³/mol. The van der Waals surface area contributed by atoms with Gasteiger partial charge in [0.1, 0.15) is 0 Å². The van der Waals surface area contributed by atoms with Gasteiger partial charge in [0.15, 0.2) is 5.41 Å². The van der Waals surface area contributed by atoms with Gasteiger partial charge < -0.3 is 0 Å². The van der Waals surface area contributed by atoms with Crippen molar-refractivity contribution in [3.63, 3.8) is 0 Å². The number of imide groups is 2. The fourth-order valence-electron chi connectivity index (χ4n) is 7.75. The van der Waals surface area contributed by atoms with E-state index in [9.17, 15) is 25.0 Å². The van der Waals surface area contributed by atoms with Crippen LogP contribution in [0.5, 0.6) is 0 Å². The lowest BCUT2D eigenvalue weighted by Gasteiger charge is -2.49. The molecule has 6 aromatic rings. The van der Waals surface area contributed by atoms with Crippen molar-refractivity contribution in [2.75, 3.05) is 0 Å². The van der Waals surface area contributed by atoms with Crippen LogP contribution in [0.1, 0.15) is 39.8 Å². The van der Waals surface area contributed by atoms with E-state index in [0.717, 1.165) is 0 Å². The molecule has 2 atom stereocenters. The number of nitrogens with zero attached hydrogens (tertiary/aromatic N) is 4. The van der Waals surface area contributed by atoms with Crippen LogP contribution in [-0.4, -0.2) is 37.5 Å². The molecule has 1 aliphatic heterocycles. The van der Waals surface area contributed by atoms with Crippen LogP contribution in [-0.2, 0) is 9.59 Å². The highest BCUT2D eigenvalue weighted by atomic mass is 35.5. The van der Waals surface area contributed by atoms with Crippen LogP contribution in [0.3, 0.4) is 0 Å². The average Bonchev–Trinajstić information content (AvgIpc) is 3.59. The number of carbonyl (C=O) groups is 3. The first-order chi connectivity index (χ1) is 27.0. The van der Waals surface area contributed by atoms with E-state index in [2.05, 4.69) is 10.6 Å². The molecule has 2 unspecified atom stereocenters. The third-order valence-corrected chi connectivity index (χ3v) is 10.6. The smallest absolute Gasteiger partial charge is 0.277 e. The number of benzene rings is 5. The Morgan fingerprint density at radius 2 is 1.16 bits per heavy atom. The molecular weight excluding hydrogens is 759 g/mol. The Morgan fingerprint density at radius 3 is 1.68 bits per heavy atom. The number of nitrogens with one attached hydrogen (secondary N) is 2. The Labute approximate surface area is 327 Å². The molecule has 13 nitrogen and oxygen atoms in total. The van der Waals surface area contributed by atoms with Gasteiger partial charge in [0.2, 0.25) is 11.8 Å². The molecule has 276 valence electrons. The number of aromatic nitrogens is 2. The Bertz CT molecular complexity index is 2590. The van der Waals surface area contributed by atoms with E-state index < -0.39 is 44.9 Å². The number of amides is 4. The van der Waals surface area contributed by atoms with Crippen molar-refractivity contribution in [3.05, 3.63) is 186 Å². The molecule has 8 rings (SSSR count). The van der Waals surface area contributed by atoms with Crippen LogP contribution >= 0.6 is 23.2 Å². The molecule has 1 saturated heterocycles. The summed E-state index contributed by atoms with van der Waals surface area (Å²) in [4.78, 5) is 65.3. The van der Waals surface area contributed by atoms with E-state index in [1.807, 2.05) is 30.3 Å². The first kappa shape index (κ1) is 36.0. The minimum Gasteiger partial charge on any atom is -0.277 e. The molecular formula is C41H26Cl2N6O7. The number of non-ortho nitro benzene ring substituents is 2. The van der Waals surface area contributed by atoms with Gasteiger partial charge in [-0.05, 0) is 89.0 Å². The molecule has 5 aromatic carbocycles. The van der Waals surface area contributed by atoms with Gasteiger partial charge in [-0.15, -0.1) is 0 Å². The molecule has 0 bridgehead atoms. The summed E-state index contributed by atoms with van der Waals surface area (Å²) in [5.41, 5.74) is 1.52. The number of carbonyl (C=O) groups excluding carboxylic acids is 3. The van der Waals surface area contributed by atoms with Gasteiger partial charge in [0, 0.05) is 57.3 Å². The summed E-state index contributed by atoms with van der Waals surface area (Å²) >= 11 is 12.8. The Hall–Kier alpha value is -6.96. The summed E-state index contributed by atoms with van der Waals surface area (Å²) in [6, 6.07) is 32.9. The Kier molecular flexibility index (Phi) is 9.03. The molecule has 56 heavy (non-hydrogen) atoms. The summed E-state index contributed by atoms with van der Waals surface area (Å²) in [5, 5.41) is 34.1. The molecule has 1 spiro atoms. The van der Waals surface area contributed by atoms with Crippen LogP contribution < -0.4 is 10.6 Å². The maximum Gasteiger partial charge on any atom is 0.328 e. The van der Waals surface area contributed by atoms with E-state index in [4.69, 9.17) is 28.3 Å². The Morgan fingerprint density at radius 1 is 0.661 bits per heavy atom. The quantitative estimate of drug-likeness (QED) is 0.0919. The van der Waals surface area contributed by atoms with Crippen LogP contribution in [0.2, 0.25) is 10.0 Å². The molecule has 2 heterocycles. The monoisotopic (exact) mass is 784 g/mol. The number of nitro groups is 2. The number of halogens is 2. The molecule has 1 fully saturated rings. The SMILES string of the molecule is O=C1NC(=O)C2(C(=O)N1)C(c1ccc(Cl)cc1)/C(=C/c1ccc([N+](=O)[O-])cc1)c1nn(-c3ccccc3)c(-c3ccc([N+](=O)[O-])cc3)c1C2c1ccc(Cl)cc1. The molecule has 1 aliphatic carbocycles. The van der Waals surface area contributed by atoms with E-state index >= 15 is 9.59 Å². The number of urea groups is 1. The van der Waals surface area contributed by atoms with Crippen LogP contribution in [0, 0.1) is 25.6 Å². The van der Waals surface area contributed by atoms with Gasteiger partial charge in [0.05, 0.1) is 26.9 Å². The summed E-state index contributed by atoms with van der Waals surface area (Å²) in [6.45, 7) is 0. The summed E-state index contributed by atoms with van der Waals surface area (Å²) < 4.78 is 1.65. The summed E-state index contributed by atoms with van der Waals surface area (Å²) in [7, 11) is 0. The number of hydrogen-bond donors (Lipinski definition) is 2. The van der Waals surface area contributed by atoms with Crippen molar-refractivity contribution in [2.45, 2.75) is 11.8 Å². The summed E-state index contributed by atoms with van der Waals surface area (Å²) in [5.74, 6) is -4.14. The number of para-hydroxylation sites is 1. The minimum atomic E-state index is -2.16. The third kappa shape index (κ3) is 5.99. The van der Waals surface area contributed by atoms with Crippen molar-refractivity contribution in [3.8, 4) is 16.9 Å². The highest BCUT2D eigenvalue weighted by Crippen LogP contribution is 2.63. The number of allylic oxidation sites excluding steroid dienone is 1. The van der Waals surface area contributed by atoms with Crippen molar-refractivity contribution in [1.29, 1.82) is 0 Å². The van der Waals surface area contributed by atoms with E-state index in [1.54, 1.807) is 71.4 Å². The second-order valence-corrected chi connectivity index (χ2v) is 14.1. The second kappa shape index (κ2) is 14.0. The zero-order chi connectivity index (χ0) is 39.3. The fraction of sp³-hybridized carbons (Fsp3) is 0.0732. The van der Waals surface area contributed by atoms with Crippen molar-refractivity contribution < 1.29 is 24.2 Å². The highest BCUT2D eigenvalue weighted by molar-refractivity contribution is 6.31. The Balaban J connectivity index is 1.57. The maximum absolute atomic E-state index is 15.0. The predicted octanol–water partition coefficient (Wildman–Crippen LogP) is 8.48. The van der Waals surface area contributed by atoms with Gasteiger partial charge in [-0.3, -0.25) is 40.5 Å². The van der Waals surface area contributed by atoms with Crippen molar-refractivity contribution in [1.82, 2.24) is 20.4 Å². The molecule has 2 aliphatic rings. The number of hydrogen-bond acceptors (Lipinski definition) is 8. The molecule has 1 aromatic heterocycles. The van der Waals surface area contributed by atoms with E-state index in [0.29, 0.717) is 60.5 Å². The van der Waals surface area contributed by atoms with E-state index in [-0.39, 0.29) is 11.4 Å². The first-order valence-corrected chi connectivity index (χ1v) is 17.8. The number of nitro benzene ring substituents is 2. The maximum atomic E-state index is 15.0. The van der Waals surface area contributed by atoms with Crippen molar-refractivity contribution in [2.24, 2.45) is 5.41 Å². The van der Waals surface area contributed by atoms with Gasteiger partial charge in [-0.25, -0.2) is 9.48 Å². The average molecular weight is 786 g/mol. The van der Waals surface area contributed by atoms with Crippen LogP contribution in [0.25, 0.3) is 28.6 Å². The number of fused-ring (bicyclic) bond motifs is 1. The number of rotatable bonds is 7. The largest absolute Gasteiger partial charge is 0.328 e. The lowest BCUT2D eigenvalue weighted by Crippen LogP contribution is -2.67. The topological polar surface area (TPSA) is 179 Å². The molecule has 4 amide bonds. The lowest BCUT2D eigenvalue weighted by molar-refractivity contribution is -0.385. The van der Waals surface area contributed by atoms with Gasteiger partial charge >= 0.3 is 6.03 Å². The zero-order valence-electron chi connectivity index (χ0n) is 28.8. The summed E-state index contributed by atoms with van der Waals surface area (Å²) in [6.07, 6.45) is 1.71. The van der Waals surface area contributed by atoms with Crippen molar-refractivity contribution >= 4 is 64.1 Å².